The number of para-hydroxylation sites is 1. The highest BCUT2D eigenvalue weighted by molar-refractivity contribution is 6.06. The molecule has 0 saturated carbocycles. The molecule has 3 aromatic carbocycles. The molecule has 4 aromatic rings. The minimum atomic E-state index is -0.264. The molecule has 0 atom stereocenters. The number of carbonyl (C=O) groups is 1. The van der Waals surface area contributed by atoms with Gasteiger partial charge in [0.25, 0.3) is 11.8 Å². The minimum absolute atomic E-state index is 0.264. The van der Waals surface area contributed by atoms with Gasteiger partial charge in [0.2, 0.25) is 5.82 Å². The van der Waals surface area contributed by atoms with Gasteiger partial charge in [0, 0.05) is 11.1 Å². The normalized spacial score (nSPS) is 10.5. The van der Waals surface area contributed by atoms with E-state index in [-0.39, 0.29) is 11.8 Å². The Hall–Kier alpha value is -4.33. The van der Waals surface area contributed by atoms with Crippen LogP contribution < -0.4 is 19.5 Å². The SMILES string of the molecule is COc1ccc(C(=O)Nc2ccccc2-c2nc(-c3ccc(OC)c(OC)c3)no2)cc1. The highest BCUT2D eigenvalue weighted by atomic mass is 16.5. The van der Waals surface area contributed by atoms with Gasteiger partial charge in [-0.2, -0.15) is 4.98 Å². The molecule has 8 heteroatoms. The average molecular weight is 431 g/mol. The van der Waals surface area contributed by atoms with Crippen LogP contribution in [0.15, 0.2) is 71.3 Å². The zero-order valence-corrected chi connectivity index (χ0v) is 17.8. The van der Waals surface area contributed by atoms with Crippen LogP contribution in [0.3, 0.4) is 0 Å². The van der Waals surface area contributed by atoms with E-state index >= 15 is 0 Å². The van der Waals surface area contributed by atoms with Crippen LogP contribution in [0.1, 0.15) is 10.4 Å². The van der Waals surface area contributed by atoms with Crippen LogP contribution in [-0.2, 0) is 0 Å². The molecular formula is C24H21N3O5. The lowest BCUT2D eigenvalue weighted by Gasteiger charge is -2.09. The molecule has 0 aliphatic heterocycles. The molecule has 0 bridgehead atoms. The number of methoxy groups -OCH3 is 3. The van der Waals surface area contributed by atoms with Crippen molar-refractivity contribution in [2.45, 2.75) is 0 Å². The predicted molar refractivity (Wildman–Crippen MR) is 119 cm³/mol. The molecule has 0 saturated heterocycles. The largest absolute Gasteiger partial charge is 0.497 e. The summed E-state index contributed by atoms with van der Waals surface area (Å²) in [6.07, 6.45) is 0. The Morgan fingerprint density at radius 1 is 0.875 bits per heavy atom. The number of rotatable bonds is 7. The molecule has 0 radical (unpaired) electrons. The van der Waals surface area contributed by atoms with Gasteiger partial charge in [-0.1, -0.05) is 17.3 Å². The second kappa shape index (κ2) is 9.22. The number of anilines is 1. The first-order chi connectivity index (χ1) is 15.6. The Kier molecular flexibility index (Phi) is 6.03. The van der Waals surface area contributed by atoms with Gasteiger partial charge in [-0.3, -0.25) is 4.79 Å². The van der Waals surface area contributed by atoms with Gasteiger partial charge in [0.15, 0.2) is 11.5 Å². The van der Waals surface area contributed by atoms with E-state index in [1.807, 2.05) is 18.2 Å². The number of carbonyl (C=O) groups excluding carboxylic acids is 1. The van der Waals surface area contributed by atoms with Gasteiger partial charge in [0.05, 0.1) is 32.6 Å². The van der Waals surface area contributed by atoms with E-state index in [1.54, 1.807) is 69.9 Å². The van der Waals surface area contributed by atoms with Crippen molar-refractivity contribution in [3.05, 3.63) is 72.3 Å². The first-order valence-electron chi connectivity index (χ1n) is 9.74. The molecule has 0 aliphatic rings. The van der Waals surface area contributed by atoms with Crippen molar-refractivity contribution in [2.24, 2.45) is 0 Å². The third-order valence-corrected chi connectivity index (χ3v) is 4.83. The Morgan fingerprint density at radius 3 is 2.34 bits per heavy atom. The van der Waals surface area contributed by atoms with E-state index in [4.69, 9.17) is 18.7 Å². The van der Waals surface area contributed by atoms with Gasteiger partial charge < -0.3 is 24.1 Å². The van der Waals surface area contributed by atoms with Gasteiger partial charge in [-0.15, -0.1) is 0 Å². The predicted octanol–water partition coefficient (Wildman–Crippen LogP) is 4.68. The van der Waals surface area contributed by atoms with E-state index in [0.717, 1.165) is 0 Å². The maximum Gasteiger partial charge on any atom is 0.260 e. The summed E-state index contributed by atoms with van der Waals surface area (Å²) in [6, 6.07) is 19.4. The minimum Gasteiger partial charge on any atom is -0.497 e. The number of benzene rings is 3. The molecule has 32 heavy (non-hydrogen) atoms. The molecular weight excluding hydrogens is 410 g/mol. The zero-order valence-electron chi connectivity index (χ0n) is 17.8. The second-order valence-electron chi connectivity index (χ2n) is 6.72. The number of ether oxygens (including phenoxy) is 3. The third kappa shape index (κ3) is 4.24. The topological polar surface area (TPSA) is 95.7 Å². The molecule has 162 valence electrons. The van der Waals surface area contributed by atoms with Crippen LogP contribution in [0.4, 0.5) is 5.69 Å². The van der Waals surface area contributed by atoms with E-state index in [2.05, 4.69) is 15.5 Å². The van der Waals surface area contributed by atoms with E-state index in [1.165, 1.54) is 0 Å². The Balaban J connectivity index is 1.60. The number of nitrogens with one attached hydrogen (secondary N) is 1. The fourth-order valence-corrected chi connectivity index (χ4v) is 3.14. The Bertz CT molecular complexity index is 1230. The molecule has 0 unspecified atom stereocenters. The van der Waals surface area contributed by atoms with Crippen LogP contribution in [0.25, 0.3) is 22.8 Å². The summed E-state index contributed by atoms with van der Waals surface area (Å²) in [5.41, 5.74) is 2.36. The van der Waals surface area contributed by atoms with Crippen LogP contribution in [0.2, 0.25) is 0 Å². The lowest BCUT2D eigenvalue weighted by atomic mass is 10.1. The molecule has 1 heterocycles. The average Bonchev–Trinajstić information content (AvgIpc) is 3.34. The van der Waals surface area contributed by atoms with Crippen molar-refractivity contribution in [3.63, 3.8) is 0 Å². The molecule has 1 aromatic heterocycles. The van der Waals surface area contributed by atoms with Crippen LogP contribution in [0.5, 0.6) is 17.2 Å². The van der Waals surface area contributed by atoms with Crippen LogP contribution >= 0.6 is 0 Å². The Morgan fingerprint density at radius 2 is 1.62 bits per heavy atom. The molecule has 8 nitrogen and oxygen atoms in total. The van der Waals surface area contributed by atoms with E-state index < -0.39 is 0 Å². The fraction of sp³-hybridized carbons (Fsp3) is 0.125. The quantitative estimate of drug-likeness (QED) is 0.454. The first kappa shape index (κ1) is 20.9. The van der Waals surface area contributed by atoms with Crippen molar-refractivity contribution in [1.29, 1.82) is 0 Å². The lowest BCUT2D eigenvalue weighted by Crippen LogP contribution is -2.12. The van der Waals surface area contributed by atoms with Crippen molar-refractivity contribution in [2.75, 3.05) is 26.6 Å². The number of hydrogen-bond donors (Lipinski definition) is 1. The van der Waals surface area contributed by atoms with Crippen LogP contribution in [-0.4, -0.2) is 37.4 Å². The summed E-state index contributed by atoms with van der Waals surface area (Å²) in [4.78, 5) is 17.2. The standard InChI is InChI=1S/C24H21N3O5/c1-29-17-11-8-15(9-12-17)23(28)25-19-7-5-4-6-18(19)24-26-22(27-32-24)16-10-13-20(30-2)21(14-16)31-3/h4-14H,1-3H3,(H,25,28). The number of hydrogen-bond acceptors (Lipinski definition) is 7. The molecule has 0 fully saturated rings. The first-order valence-corrected chi connectivity index (χ1v) is 9.74. The molecule has 1 N–H and O–H groups in total. The monoisotopic (exact) mass is 431 g/mol. The van der Waals surface area contributed by atoms with Crippen molar-refractivity contribution in [3.8, 4) is 40.1 Å². The summed E-state index contributed by atoms with van der Waals surface area (Å²) in [5, 5.41) is 6.98. The smallest absolute Gasteiger partial charge is 0.260 e. The Labute approximate surface area is 184 Å². The summed E-state index contributed by atoms with van der Waals surface area (Å²) in [5.74, 6) is 2.24. The summed E-state index contributed by atoms with van der Waals surface area (Å²) in [7, 11) is 4.71. The van der Waals surface area contributed by atoms with Gasteiger partial charge in [-0.25, -0.2) is 0 Å². The van der Waals surface area contributed by atoms with Crippen molar-refractivity contribution in [1.82, 2.24) is 10.1 Å². The maximum absolute atomic E-state index is 12.7. The van der Waals surface area contributed by atoms with E-state index in [9.17, 15) is 4.79 Å². The summed E-state index contributed by atoms with van der Waals surface area (Å²) >= 11 is 0. The molecule has 0 aliphatic carbocycles. The third-order valence-electron chi connectivity index (χ3n) is 4.83. The number of aromatic nitrogens is 2. The number of amides is 1. The van der Waals surface area contributed by atoms with Crippen LogP contribution in [0, 0.1) is 0 Å². The second-order valence-corrected chi connectivity index (χ2v) is 6.72. The van der Waals surface area contributed by atoms with Crippen molar-refractivity contribution < 1.29 is 23.5 Å². The van der Waals surface area contributed by atoms with Gasteiger partial charge in [-0.05, 0) is 54.6 Å². The maximum atomic E-state index is 12.7. The van der Waals surface area contributed by atoms with Crippen molar-refractivity contribution >= 4 is 11.6 Å². The lowest BCUT2D eigenvalue weighted by molar-refractivity contribution is 0.102. The zero-order chi connectivity index (χ0) is 22.5. The molecule has 4 rings (SSSR count). The molecule has 0 spiro atoms. The highest BCUT2D eigenvalue weighted by Crippen LogP contribution is 2.33. The number of nitrogens with zero attached hydrogens (tertiary/aromatic N) is 2. The highest BCUT2D eigenvalue weighted by Gasteiger charge is 2.17. The molecule has 1 amide bonds. The summed E-state index contributed by atoms with van der Waals surface area (Å²) < 4.78 is 21.2. The van der Waals surface area contributed by atoms with E-state index in [0.29, 0.717) is 45.5 Å². The fourth-order valence-electron chi connectivity index (χ4n) is 3.14. The van der Waals surface area contributed by atoms with Gasteiger partial charge in [0.1, 0.15) is 5.75 Å². The van der Waals surface area contributed by atoms with Gasteiger partial charge >= 0.3 is 0 Å². The summed E-state index contributed by atoms with van der Waals surface area (Å²) in [6.45, 7) is 0.